The van der Waals surface area contributed by atoms with Crippen molar-refractivity contribution in [3.05, 3.63) is 102 Å². The Balaban J connectivity index is 1.55. The SMILES string of the molecule is COc1cc(F)ccc1[C@H](c1ccc(F)cc1)N1CCN(c2c([N+](=O)[O-])c(=O)n(C)c3ccc(Br)nc23)CC1. The van der Waals surface area contributed by atoms with Gasteiger partial charge in [-0.25, -0.2) is 13.8 Å². The van der Waals surface area contributed by atoms with Gasteiger partial charge in [0.25, 0.3) is 0 Å². The molecule has 0 N–H and O–H groups in total. The first-order valence-corrected chi connectivity index (χ1v) is 12.9. The van der Waals surface area contributed by atoms with Crippen molar-refractivity contribution in [2.24, 2.45) is 7.05 Å². The summed E-state index contributed by atoms with van der Waals surface area (Å²) in [6.07, 6.45) is 0. The molecule has 0 bridgehead atoms. The Labute approximate surface area is 230 Å². The first-order chi connectivity index (χ1) is 18.7. The maximum atomic E-state index is 14.0. The average Bonchev–Trinajstić information content (AvgIpc) is 2.92. The normalized spacial score (nSPS) is 14.9. The molecule has 3 heterocycles. The maximum Gasteiger partial charge on any atom is 0.359 e. The highest BCUT2D eigenvalue weighted by Gasteiger charge is 2.34. The van der Waals surface area contributed by atoms with E-state index in [1.165, 1.54) is 43.0 Å². The zero-order valence-corrected chi connectivity index (χ0v) is 22.7. The van der Waals surface area contributed by atoms with Gasteiger partial charge in [0.05, 0.1) is 23.6 Å². The van der Waals surface area contributed by atoms with Gasteiger partial charge in [0, 0.05) is 44.9 Å². The van der Waals surface area contributed by atoms with Gasteiger partial charge < -0.3 is 14.2 Å². The minimum Gasteiger partial charge on any atom is -0.496 e. The van der Waals surface area contributed by atoms with E-state index in [0.717, 1.165) is 5.56 Å². The lowest BCUT2D eigenvalue weighted by Crippen LogP contribution is -2.48. The predicted molar refractivity (Wildman–Crippen MR) is 146 cm³/mol. The van der Waals surface area contributed by atoms with Crippen molar-refractivity contribution < 1.29 is 18.4 Å². The first-order valence-electron chi connectivity index (χ1n) is 12.1. The van der Waals surface area contributed by atoms with E-state index in [4.69, 9.17) is 4.74 Å². The Morgan fingerprint density at radius 1 is 1.03 bits per heavy atom. The van der Waals surface area contributed by atoms with E-state index in [2.05, 4.69) is 25.8 Å². The fourth-order valence-corrected chi connectivity index (χ4v) is 5.47. The molecule has 5 rings (SSSR count). The van der Waals surface area contributed by atoms with Crippen LogP contribution in [-0.4, -0.2) is 52.7 Å². The van der Waals surface area contributed by atoms with Gasteiger partial charge in [-0.15, -0.1) is 0 Å². The zero-order valence-electron chi connectivity index (χ0n) is 21.1. The lowest BCUT2D eigenvalue weighted by molar-refractivity contribution is -0.385. The maximum absolute atomic E-state index is 14.0. The molecule has 202 valence electrons. The van der Waals surface area contributed by atoms with Crippen LogP contribution in [-0.2, 0) is 7.05 Å². The van der Waals surface area contributed by atoms with E-state index in [1.807, 2.05) is 0 Å². The molecule has 2 aromatic carbocycles. The average molecular weight is 600 g/mol. The van der Waals surface area contributed by atoms with Crippen LogP contribution in [0.15, 0.2) is 64.0 Å². The van der Waals surface area contributed by atoms with E-state index in [-0.39, 0.29) is 11.5 Å². The fraction of sp³-hybridized carbons (Fsp3) is 0.259. The molecule has 0 unspecified atom stereocenters. The first kappa shape index (κ1) is 26.7. The Morgan fingerprint density at radius 2 is 1.69 bits per heavy atom. The van der Waals surface area contributed by atoms with Gasteiger partial charge in [0.15, 0.2) is 5.69 Å². The Hall–Kier alpha value is -3.90. The number of anilines is 1. The summed E-state index contributed by atoms with van der Waals surface area (Å²) in [6.45, 7) is 1.56. The standard InChI is InChI=1S/C27H24BrF2N5O4/c1-32-20-9-10-22(28)31-23(20)25(26(27(32)36)35(37)38)34-13-11-33(12-14-34)24(16-3-5-17(29)6-4-16)19-8-7-18(30)15-21(19)39-2/h3-10,15,24H,11-14H2,1-2H3/t24-/m0/s1. The van der Waals surface area contributed by atoms with Crippen molar-refractivity contribution in [2.75, 3.05) is 38.2 Å². The number of hydrogen-bond donors (Lipinski definition) is 0. The van der Waals surface area contributed by atoms with Gasteiger partial charge in [0.2, 0.25) is 0 Å². The molecule has 2 aromatic heterocycles. The second-order valence-electron chi connectivity index (χ2n) is 9.18. The van der Waals surface area contributed by atoms with E-state index in [9.17, 15) is 23.7 Å². The van der Waals surface area contributed by atoms with E-state index in [0.29, 0.717) is 53.1 Å². The van der Waals surface area contributed by atoms with Crippen molar-refractivity contribution in [3.63, 3.8) is 0 Å². The number of piperazine rings is 1. The molecule has 39 heavy (non-hydrogen) atoms. The van der Waals surface area contributed by atoms with Crippen molar-refractivity contribution in [1.82, 2.24) is 14.5 Å². The summed E-state index contributed by atoms with van der Waals surface area (Å²) in [5.74, 6) is -0.465. The molecule has 9 nitrogen and oxygen atoms in total. The molecule has 0 aliphatic carbocycles. The largest absolute Gasteiger partial charge is 0.496 e. The van der Waals surface area contributed by atoms with Gasteiger partial charge >= 0.3 is 11.2 Å². The van der Waals surface area contributed by atoms with Gasteiger partial charge in [-0.1, -0.05) is 18.2 Å². The highest BCUT2D eigenvalue weighted by molar-refractivity contribution is 9.10. The van der Waals surface area contributed by atoms with Crippen LogP contribution in [0.4, 0.5) is 20.2 Å². The summed E-state index contributed by atoms with van der Waals surface area (Å²) in [7, 11) is 2.95. The number of methoxy groups -OCH3 is 1. The minimum atomic E-state index is -0.714. The molecular weight excluding hydrogens is 576 g/mol. The van der Waals surface area contributed by atoms with E-state index in [1.54, 1.807) is 35.2 Å². The summed E-state index contributed by atoms with van der Waals surface area (Å²) in [4.78, 5) is 32.9. The number of halogens is 3. The fourth-order valence-electron chi connectivity index (χ4n) is 5.17. The van der Waals surface area contributed by atoms with Gasteiger partial charge in [-0.3, -0.25) is 19.8 Å². The number of aryl methyl sites for hydroxylation is 1. The molecule has 12 heteroatoms. The summed E-state index contributed by atoms with van der Waals surface area (Å²) in [5.41, 5.74) is 1.25. The monoisotopic (exact) mass is 599 g/mol. The van der Waals surface area contributed by atoms with Crippen LogP contribution in [0.5, 0.6) is 5.75 Å². The van der Waals surface area contributed by atoms with Crippen LogP contribution in [0.2, 0.25) is 0 Å². The number of hydrogen-bond acceptors (Lipinski definition) is 7. The van der Waals surface area contributed by atoms with Gasteiger partial charge in [0.1, 0.15) is 27.5 Å². The molecule has 1 saturated heterocycles. The molecule has 1 atom stereocenters. The number of ether oxygens (including phenoxy) is 1. The van der Waals surface area contributed by atoms with Gasteiger partial charge in [-0.2, -0.15) is 0 Å². The Morgan fingerprint density at radius 3 is 2.33 bits per heavy atom. The molecule has 0 saturated carbocycles. The predicted octanol–water partition coefficient (Wildman–Crippen LogP) is 4.80. The molecular formula is C27H24BrF2N5O4. The second kappa shape index (κ2) is 10.7. The topological polar surface area (TPSA) is 93.7 Å². The van der Waals surface area contributed by atoms with E-state index >= 15 is 0 Å². The molecule has 0 amide bonds. The summed E-state index contributed by atoms with van der Waals surface area (Å²) in [6, 6.07) is 13.4. The molecule has 1 fully saturated rings. The summed E-state index contributed by atoms with van der Waals surface area (Å²) in [5, 5.41) is 12.1. The lowest BCUT2D eigenvalue weighted by atomic mass is 9.95. The number of pyridine rings is 2. The second-order valence-corrected chi connectivity index (χ2v) is 10.00. The van der Waals surface area contributed by atoms with Gasteiger partial charge in [-0.05, 0) is 51.8 Å². The Kier molecular flexibility index (Phi) is 7.32. The third kappa shape index (κ3) is 4.97. The molecule has 0 radical (unpaired) electrons. The summed E-state index contributed by atoms with van der Waals surface area (Å²) < 4.78 is 35.0. The van der Waals surface area contributed by atoms with E-state index < -0.39 is 28.0 Å². The Bertz CT molecular complexity index is 1620. The lowest BCUT2D eigenvalue weighted by Gasteiger charge is -2.40. The quantitative estimate of drug-likeness (QED) is 0.178. The van der Waals surface area contributed by atoms with Crippen molar-refractivity contribution in [3.8, 4) is 5.75 Å². The van der Waals surface area contributed by atoms with Crippen LogP contribution < -0.4 is 15.2 Å². The van der Waals surface area contributed by atoms with Crippen LogP contribution in [0.3, 0.4) is 0 Å². The number of rotatable bonds is 6. The molecule has 1 aliphatic rings. The van der Waals surface area contributed by atoms with Crippen LogP contribution in [0.1, 0.15) is 17.2 Å². The molecule has 4 aromatic rings. The van der Waals surface area contributed by atoms with Crippen LogP contribution in [0, 0.1) is 21.7 Å². The van der Waals surface area contributed by atoms with Crippen molar-refractivity contribution in [2.45, 2.75) is 6.04 Å². The number of nitrogens with zero attached hydrogens (tertiary/aromatic N) is 5. The summed E-state index contributed by atoms with van der Waals surface area (Å²) >= 11 is 3.34. The highest BCUT2D eigenvalue weighted by atomic mass is 79.9. The minimum absolute atomic E-state index is 0.178. The number of benzene rings is 2. The third-order valence-corrected chi connectivity index (χ3v) is 7.45. The van der Waals surface area contributed by atoms with Crippen LogP contribution in [0.25, 0.3) is 11.0 Å². The smallest absolute Gasteiger partial charge is 0.359 e. The zero-order chi connectivity index (χ0) is 27.8. The number of aromatic nitrogens is 2. The molecule has 1 aliphatic heterocycles. The highest BCUT2D eigenvalue weighted by Crippen LogP contribution is 2.38. The third-order valence-electron chi connectivity index (χ3n) is 7.01. The van der Waals surface area contributed by atoms with Crippen molar-refractivity contribution in [1.29, 1.82) is 0 Å². The number of nitro groups is 1. The molecule has 0 spiro atoms. The number of fused-ring (bicyclic) bond motifs is 1. The van der Waals surface area contributed by atoms with Crippen molar-refractivity contribution >= 4 is 38.3 Å². The van der Waals surface area contributed by atoms with Crippen LogP contribution >= 0.6 is 15.9 Å².